The van der Waals surface area contributed by atoms with E-state index in [0.29, 0.717) is 22.3 Å². The number of ether oxygens (including phenoxy) is 1. The molecule has 0 radical (unpaired) electrons. The fourth-order valence-electron chi connectivity index (χ4n) is 2.59. The van der Waals surface area contributed by atoms with Gasteiger partial charge < -0.3 is 13.8 Å². The smallest absolute Gasteiger partial charge is 0.338 e. The van der Waals surface area contributed by atoms with Gasteiger partial charge >= 0.3 is 13.6 Å². The molecule has 0 atom stereocenters. The summed E-state index contributed by atoms with van der Waals surface area (Å²) >= 11 is 0. The van der Waals surface area contributed by atoms with E-state index < -0.39 is 13.6 Å². The normalized spacial score (nSPS) is 11.4. The third-order valence-electron chi connectivity index (χ3n) is 3.67. The average Bonchev–Trinajstić information content (AvgIpc) is 2.62. The summed E-state index contributed by atoms with van der Waals surface area (Å²) in [5.74, 6) is -0.879. The Morgan fingerprint density at radius 3 is 2.19 bits per heavy atom. The van der Waals surface area contributed by atoms with Crippen LogP contribution in [0, 0.1) is 5.82 Å². The molecule has 140 valence electrons. The third kappa shape index (κ3) is 5.01. The standard InChI is InChI=1S/C19H22FO5P/c1-4-24-26(22,25-5-2)13-14-6-11-17(19(21)23-3)18(12-14)15-7-9-16(20)10-8-15/h6-12H,4-5,13H2,1-3H3. The molecular formula is C19H22FO5P. The van der Waals surface area contributed by atoms with E-state index in [1.165, 1.54) is 19.2 Å². The van der Waals surface area contributed by atoms with Crippen LogP contribution in [0.15, 0.2) is 42.5 Å². The van der Waals surface area contributed by atoms with E-state index in [1.807, 2.05) is 0 Å². The summed E-state index contributed by atoms with van der Waals surface area (Å²) in [5, 5.41) is 0. The van der Waals surface area contributed by atoms with E-state index in [2.05, 4.69) is 0 Å². The molecule has 0 amide bonds. The zero-order valence-corrected chi connectivity index (χ0v) is 15.9. The largest absolute Gasteiger partial charge is 0.465 e. The molecule has 0 aromatic heterocycles. The van der Waals surface area contributed by atoms with Gasteiger partial charge in [-0.3, -0.25) is 4.57 Å². The summed E-state index contributed by atoms with van der Waals surface area (Å²) in [6.45, 7) is 4.02. The quantitative estimate of drug-likeness (QED) is 0.474. The second kappa shape index (κ2) is 9.08. The van der Waals surface area contributed by atoms with Crippen molar-refractivity contribution in [1.29, 1.82) is 0 Å². The van der Waals surface area contributed by atoms with Crippen LogP contribution in [0.4, 0.5) is 4.39 Å². The van der Waals surface area contributed by atoms with Gasteiger partial charge in [0.2, 0.25) is 0 Å². The molecule has 26 heavy (non-hydrogen) atoms. The van der Waals surface area contributed by atoms with Gasteiger partial charge in [-0.15, -0.1) is 0 Å². The monoisotopic (exact) mass is 380 g/mol. The Labute approximate surface area is 152 Å². The van der Waals surface area contributed by atoms with Crippen molar-refractivity contribution < 1.29 is 27.5 Å². The summed E-state index contributed by atoms with van der Waals surface area (Å²) in [4.78, 5) is 12.1. The molecule has 2 aromatic carbocycles. The molecule has 0 heterocycles. The number of benzene rings is 2. The van der Waals surface area contributed by atoms with E-state index in [9.17, 15) is 13.8 Å². The summed E-state index contributed by atoms with van der Waals surface area (Å²) in [6.07, 6.45) is 0.0737. The maximum Gasteiger partial charge on any atom is 0.338 e. The summed E-state index contributed by atoms with van der Waals surface area (Å²) < 4.78 is 41.5. The van der Waals surface area contributed by atoms with Crippen molar-refractivity contribution in [2.24, 2.45) is 0 Å². The van der Waals surface area contributed by atoms with Crippen molar-refractivity contribution in [2.45, 2.75) is 20.0 Å². The number of rotatable bonds is 8. The van der Waals surface area contributed by atoms with Gasteiger partial charge in [0.15, 0.2) is 0 Å². The number of carbonyl (C=O) groups is 1. The number of hydrogen-bond donors (Lipinski definition) is 0. The lowest BCUT2D eigenvalue weighted by Crippen LogP contribution is -2.05. The van der Waals surface area contributed by atoms with Crippen molar-refractivity contribution in [1.82, 2.24) is 0 Å². The van der Waals surface area contributed by atoms with Gasteiger partial charge in [0.05, 0.1) is 32.0 Å². The number of methoxy groups -OCH3 is 1. The molecule has 0 spiro atoms. The van der Waals surface area contributed by atoms with Crippen LogP contribution in [0.25, 0.3) is 11.1 Å². The number of hydrogen-bond acceptors (Lipinski definition) is 5. The van der Waals surface area contributed by atoms with Crippen LogP contribution in [0.1, 0.15) is 29.8 Å². The second-order valence-corrected chi connectivity index (χ2v) is 7.54. The van der Waals surface area contributed by atoms with Crippen LogP contribution in [0.3, 0.4) is 0 Å². The highest BCUT2D eigenvalue weighted by molar-refractivity contribution is 7.53. The molecule has 5 nitrogen and oxygen atoms in total. The van der Waals surface area contributed by atoms with Gasteiger partial charge in [0.25, 0.3) is 0 Å². The zero-order valence-electron chi connectivity index (χ0n) is 15.0. The van der Waals surface area contributed by atoms with Gasteiger partial charge in [-0.25, -0.2) is 9.18 Å². The van der Waals surface area contributed by atoms with Crippen molar-refractivity contribution >= 4 is 13.6 Å². The predicted molar refractivity (Wildman–Crippen MR) is 97.7 cm³/mol. The van der Waals surface area contributed by atoms with Crippen LogP contribution in [-0.2, 0) is 24.5 Å². The Balaban J connectivity index is 2.47. The highest BCUT2D eigenvalue weighted by atomic mass is 31.2. The Bertz CT molecular complexity index is 794. The molecular weight excluding hydrogens is 358 g/mol. The molecule has 0 aliphatic rings. The third-order valence-corrected chi connectivity index (χ3v) is 5.73. The number of esters is 1. The highest BCUT2D eigenvalue weighted by Crippen LogP contribution is 2.51. The van der Waals surface area contributed by atoms with Gasteiger partial charge in [0, 0.05) is 0 Å². The Kier molecular flexibility index (Phi) is 7.09. The van der Waals surface area contributed by atoms with Crippen molar-refractivity contribution in [3.63, 3.8) is 0 Å². The fourth-order valence-corrected chi connectivity index (χ4v) is 4.28. The molecule has 0 fully saturated rings. The molecule has 0 aliphatic carbocycles. The molecule has 0 unspecified atom stereocenters. The maximum absolute atomic E-state index is 13.2. The lowest BCUT2D eigenvalue weighted by molar-refractivity contribution is 0.0601. The molecule has 7 heteroatoms. The first-order valence-electron chi connectivity index (χ1n) is 8.27. The minimum Gasteiger partial charge on any atom is -0.465 e. The van der Waals surface area contributed by atoms with E-state index >= 15 is 0 Å². The average molecular weight is 380 g/mol. The molecule has 2 aromatic rings. The maximum atomic E-state index is 13.2. The first-order valence-corrected chi connectivity index (χ1v) is 10.0. The molecule has 2 rings (SSSR count). The van der Waals surface area contributed by atoms with E-state index in [0.717, 1.165) is 0 Å². The number of carbonyl (C=O) groups excluding carboxylic acids is 1. The Hall–Kier alpha value is -2.01. The SMILES string of the molecule is CCOP(=O)(Cc1ccc(C(=O)OC)c(-c2ccc(F)cc2)c1)OCC. The molecule has 0 bridgehead atoms. The summed E-state index contributed by atoms with van der Waals surface area (Å²) in [6, 6.07) is 10.8. The second-order valence-electron chi connectivity index (χ2n) is 5.48. The van der Waals surface area contributed by atoms with Gasteiger partial charge in [-0.05, 0) is 54.8 Å². The van der Waals surface area contributed by atoms with Crippen LogP contribution in [0.5, 0.6) is 0 Å². The van der Waals surface area contributed by atoms with Gasteiger partial charge in [-0.1, -0.05) is 18.2 Å². The topological polar surface area (TPSA) is 61.8 Å². The predicted octanol–water partition coefficient (Wildman–Crippen LogP) is 5.05. The Morgan fingerprint density at radius 2 is 1.65 bits per heavy atom. The highest BCUT2D eigenvalue weighted by Gasteiger charge is 2.25. The van der Waals surface area contributed by atoms with E-state index in [1.54, 1.807) is 44.2 Å². The Morgan fingerprint density at radius 1 is 1.04 bits per heavy atom. The van der Waals surface area contributed by atoms with Gasteiger partial charge in [0.1, 0.15) is 5.82 Å². The van der Waals surface area contributed by atoms with Crippen LogP contribution in [-0.4, -0.2) is 26.3 Å². The van der Waals surface area contributed by atoms with Gasteiger partial charge in [-0.2, -0.15) is 0 Å². The fraction of sp³-hybridized carbons (Fsp3) is 0.316. The van der Waals surface area contributed by atoms with E-state index in [-0.39, 0.29) is 25.2 Å². The first kappa shape index (κ1) is 20.3. The first-order chi connectivity index (χ1) is 12.4. The minimum absolute atomic E-state index is 0.0737. The van der Waals surface area contributed by atoms with Crippen molar-refractivity contribution in [2.75, 3.05) is 20.3 Å². The molecule has 0 aliphatic heterocycles. The minimum atomic E-state index is -3.28. The molecule has 0 N–H and O–H groups in total. The summed E-state index contributed by atoms with van der Waals surface area (Å²) in [5.41, 5.74) is 2.23. The lowest BCUT2D eigenvalue weighted by atomic mass is 9.97. The van der Waals surface area contributed by atoms with Crippen molar-refractivity contribution in [3.8, 4) is 11.1 Å². The molecule has 0 saturated carbocycles. The summed E-state index contributed by atoms with van der Waals surface area (Å²) in [7, 11) is -1.99. The van der Waals surface area contributed by atoms with E-state index in [4.69, 9.17) is 13.8 Å². The zero-order chi connectivity index (χ0) is 19.2. The number of halogens is 1. The van der Waals surface area contributed by atoms with Crippen LogP contribution in [0.2, 0.25) is 0 Å². The van der Waals surface area contributed by atoms with Crippen LogP contribution < -0.4 is 0 Å². The lowest BCUT2D eigenvalue weighted by Gasteiger charge is -2.18. The van der Waals surface area contributed by atoms with Crippen LogP contribution >= 0.6 is 7.60 Å². The molecule has 0 saturated heterocycles. The van der Waals surface area contributed by atoms with Crippen molar-refractivity contribution in [3.05, 3.63) is 59.4 Å².